The Morgan fingerprint density at radius 2 is 1.69 bits per heavy atom. The number of carbonyl (C=O) groups excluding carboxylic acids is 1. The van der Waals surface area contributed by atoms with Gasteiger partial charge in [0.25, 0.3) is 0 Å². The van der Waals surface area contributed by atoms with Gasteiger partial charge in [0.15, 0.2) is 0 Å². The Balaban J connectivity index is 1.56. The zero-order valence-corrected chi connectivity index (χ0v) is 20.4. The SMILES string of the molecule is CC1CCC(C(=O)Nc2cc(C3CCC(C)(C)CC3)sc2C(=O)O)(C2COCOC2)CC1. The number of amides is 1. The molecular formula is C25H37NO5S. The van der Waals surface area contributed by atoms with E-state index in [9.17, 15) is 14.7 Å². The zero-order valence-electron chi connectivity index (χ0n) is 19.6. The molecule has 0 spiro atoms. The standard InChI is InChI=1S/C25H37NO5S/c1-16-4-10-25(11-5-16,18-13-30-15-31-14-18)23(29)26-19-12-20(32-21(19)22(27)28)17-6-8-24(2,3)9-7-17/h12,16-18H,4-11,13-15H2,1-3H3,(H,26,29)(H,27,28). The molecule has 1 aliphatic heterocycles. The number of aromatic carboxylic acids is 1. The largest absolute Gasteiger partial charge is 0.477 e. The molecule has 3 fully saturated rings. The minimum atomic E-state index is -0.969. The number of anilines is 1. The molecule has 4 rings (SSSR count). The van der Waals surface area contributed by atoms with Crippen LogP contribution in [0.5, 0.6) is 0 Å². The monoisotopic (exact) mass is 463 g/mol. The summed E-state index contributed by atoms with van der Waals surface area (Å²) in [4.78, 5) is 27.1. The topological polar surface area (TPSA) is 84.9 Å². The van der Waals surface area contributed by atoms with Gasteiger partial charge in [0.2, 0.25) is 5.91 Å². The van der Waals surface area contributed by atoms with E-state index in [-0.39, 0.29) is 23.5 Å². The molecule has 1 saturated heterocycles. The van der Waals surface area contributed by atoms with E-state index in [1.807, 2.05) is 6.07 Å². The number of carbonyl (C=O) groups is 2. The van der Waals surface area contributed by atoms with Crippen molar-refractivity contribution in [3.8, 4) is 0 Å². The van der Waals surface area contributed by atoms with Crippen molar-refractivity contribution in [3.05, 3.63) is 15.8 Å². The van der Waals surface area contributed by atoms with Gasteiger partial charge in [-0.15, -0.1) is 11.3 Å². The molecule has 0 unspecified atom stereocenters. The molecule has 0 aromatic carbocycles. The number of hydrogen-bond acceptors (Lipinski definition) is 5. The molecule has 3 aliphatic rings. The average Bonchev–Trinajstić information content (AvgIpc) is 3.19. The van der Waals surface area contributed by atoms with Gasteiger partial charge in [0.1, 0.15) is 11.7 Å². The molecule has 2 heterocycles. The van der Waals surface area contributed by atoms with E-state index in [2.05, 4.69) is 26.1 Å². The van der Waals surface area contributed by atoms with Crippen molar-refractivity contribution in [1.82, 2.24) is 0 Å². The Morgan fingerprint density at radius 3 is 2.28 bits per heavy atom. The maximum absolute atomic E-state index is 13.7. The van der Waals surface area contributed by atoms with E-state index in [0.717, 1.165) is 56.2 Å². The number of rotatable bonds is 5. The van der Waals surface area contributed by atoms with Gasteiger partial charge in [-0.2, -0.15) is 0 Å². The number of hydrogen-bond donors (Lipinski definition) is 2. The third-order valence-electron chi connectivity index (χ3n) is 8.14. The molecule has 1 aromatic heterocycles. The molecule has 7 heteroatoms. The van der Waals surface area contributed by atoms with E-state index in [4.69, 9.17) is 9.47 Å². The van der Waals surface area contributed by atoms with Crippen molar-refractivity contribution in [2.24, 2.45) is 22.7 Å². The minimum Gasteiger partial charge on any atom is -0.477 e. The fourth-order valence-electron chi connectivity index (χ4n) is 5.70. The summed E-state index contributed by atoms with van der Waals surface area (Å²) in [6.07, 6.45) is 7.97. The van der Waals surface area contributed by atoms with Crippen LogP contribution < -0.4 is 5.32 Å². The molecule has 1 aromatic rings. The Kier molecular flexibility index (Phi) is 6.99. The molecular weight excluding hydrogens is 426 g/mol. The van der Waals surface area contributed by atoms with E-state index >= 15 is 0 Å². The summed E-state index contributed by atoms with van der Waals surface area (Å²) >= 11 is 1.33. The number of carboxylic acid groups (broad SMARTS) is 1. The van der Waals surface area contributed by atoms with Gasteiger partial charge in [0, 0.05) is 10.8 Å². The van der Waals surface area contributed by atoms with Gasteiger partial charge in [-0.1, -0.05) is 20.8 Å². The van der Waals surface area contributed by atoms with Crippen LogP contribution in [0.25, 0.3) is 0 Å². The molecule has 0 atom stereocenters. The first-order valence-electron chi connectivity index (χ1n) is 12.0. The fraction of sp³-hybridized carbons (Fsp3) is 0.760. The van der Waals surface area contributed by atoms with Crippen LogP contribution in [0.15, 0.2) is 6.07 Å². The highest BCUT2D eigenvalue weighted by molar-refractivity contribution is 7.14. The lowest BCUT2D eigenvalue weighted by Crippen LogP contribution is -2.49. The van der Waals surface area contributed by atoms with Gasteiger partial charge in [-0.3, -0.25) is 4.79 Å². The van der Waals surface area contributed by atoms with Gasteiger partial charge in [0.05, 0.1) is 24.3 Å². The summed E-state index contributed by atoms with van der Waals surface area (Å²) in [5.41, 5.74) is 0.248. The second-order valence-electron chi connectivity index (χ2n) is 11.0. The third-order valence-corrected chi connectivity index (χ3v) is 9.43. The number of ether oxygens (including phenoxy) is 2. The highest BCUT2D eigenvalue weighted by Gasteiger charge is 2.48. The van der Waals surface area contributed by atoms with Crippen LogP contribution in [0.3, 0.4) is 0 Å². The highest BCUT2D eigenvalue weighted by Crippen LogP contribution is 2.48. The van der Waals surface area contributed by atoms with E-state index < -0.39 is 11.4 Å². The van der Waals surface area contributed by atoms with Gasteiger partial charge in [-0.25, -0.2) is 4.79 Å². The summed E-state index contributed by atoms with van der Waals surface area (Å²) < 4.78 is 11.1. The smallest absolute Gasteiger partial charge is 0.348 e. The summed E-state index contributed by atoms with van der Waals surface area (Å²) in [5.74, 6) is -0.0696. The Labute approximate surface area is 195 Å². The quantitative estimate of drug-likeness (QED) is 0.569. The van der Waals surface area contributed by atoms with Crippen molar-refractivity contribution in [2.75, 3.05) is 25.3 Å². The molecule has 2 N–H and O–H groups in total. The first kappa shape index (κ1) is 23.7. The van der Waals surface area contributed by atoms with Crippen molar-refractivity contribution in [3.63, 3.8) is 0 Å². The van der Waals surface area contributed by atoms with Crippen molar-refractivity contribution in [2.45, 2.75) is 78.1 Å². The second-order valence-corrected chi connectivity index (χ2v) is 12.1. The van der Waals surface area contributed by atoms with Crippen LogP contribution in [0.1, 0.15) is 92.6 Å². The van der Waals surface area contributed by atoms with E-state index in [1.165, 1.54) is 11.3 Å². The molecule has 0 radical (unpaired) electrons. The normalized spacial score (nSPS) is 29.5. The first-order chi connectivity index (χ1) is 15.2. The van der Waals surface area contributed by atoms with Crippen LogP contribution in [0, 0.1) is 22.7 Å². The lowest BCUT2D eigenvalue weighted by Gasteiger charge is -2.44. The predicted molar refractivity (Wildman–Crippen MR) is 125 cm³/mol. The fourth-order valence-corrected chi connectivity index (χ4v) is 6.82. The van der Waals surface area contributed by atoms with Gasteiger partial charge >= 0.3 is 5.97 Å². The molecule has 6 nitrogen and oxygen atoms in total. The van der Waals surface area contributed by atoms with Crippen LogP contribution in [0.2, 0.25) is 0 Å². The predicted octanol–water partition coefficient (Wildman–Crippen LogP) is 5.89. The minimum absolute atomic E-state index is 0.00397. The number of thiophene rings is 1. The molecule has 32 heavy (non-hydrogen) atoms. The zero-order chi connectivity index (χ0) is 22.9. The third kappa shape index (κ3) is 4.90. The van der Waals surface area contributed by atoms with Crippen LogP contribution in [-0.4, -0.2) is 37.0 Å². The maximum Gasteiger partial charge on any atom is 0.348 e. The van der Waals surface area contributed by atoms with Crippen LogP contribution in [-0.2, 0) is 14.3 Å². The van der Waals surface area contributed by atoms with Gasteiger partial charge in [-0.05, 0) is 74.7 Å². The lowest BCUT2D eigenvalue weighted by molar-refractivity contribution is -0.169. The molecule has 178 valence electrons. The van der Waals surface area contributed by atoms with Crippen LogP contribution >= 0.6 is 11.3 Å². The Morgan fingerprint density at radius 1 is 1.06 bits per heavy atom. The van der Waals surface area contributed by atoms with Crippen molar-refractivity contribution in [1.29, 1.82) is 0 Å². The van der Waals surface area contributed by atoms with Gasteiger partial charge < -0.3 is 19.9 Å². The summed E-state index contributed by atoms with van der Waals surface area (Å²) in [7, 11) is 0. The summed E-state index contributed by atoms with van der Waals surface area (Å²) in [6, 6.07) is 1.93. The summed E-state index contributed by atoms with van der Waals surface area (Å²) in [5, 5.41) is 12.9. The second kappa shape index (κ2) is 9.43. The van der Waals surface area contributed by atoms with E-state index in [0.29, 0.717) is 36.2 Å². The highest BCUT2D eigenvalue weighted by atomic mass is 32.1. The van der Waals surface area contributed by atoms with Crippen LogP contribution in [0.4, 0.5) is 5.69 Å². The Hall–Kier alpha value is -1.44. The van der Waals surface area contributed by atoms with E-state index in [1.54, 1.807) is 0 Å². The lowest BCUT2D eigenvalue weighted by atomic mass is 9.63. The molecule has 0 bridgehead atoms. The molecule has 2 aliphatic carbocycles. The van der Waals surface area contributed by atoms with Crippen molar-refractivity contribution >= 4 is 28.9 Å². The average molecular weight is 464 g/mol. The molecule has 2 saturated carbocycles. The number of nitrogens with one attached hydrogen (secondary N) is 1. The number of carboxylic acids is 1. The Bertz CT molecular complexity index is 823. The molecule has 1 amide bonds. The first-order valence-corrected chi connectivity index (χ1v) is 12.9. The van der Waals surface area contributed by atoms with Crippen molar-refractivity contribution < 1.29 is 24.2 Å². The maximum atomic E-state index is 13.7. The summed E-state index contributed by atoms with van der Waals surface area (Å²) in [6.45, 7) is 8.14.